The Morgan fingerprint density at radius 2 is 2.14 bits per heavy atom. The zero-order valence-corrected chi connectivity index (χ0v) is 15.9. The molecule has 1 atom stereocenters. The van der Waals surface area contributed by atoms with Crippen molar-refractivity contribution in [1.29, 1.82) is 0 Å². The number of anilines is 1. The molecule has 0 bridgehead atoms. The van der Waals surface area contributed by atoms with Crippen LogP contribution < -0.4 is 10.2 Å². The Morgan fingerprint density at radius 3 is 2.96 bits per heavy atom. The molecule has 0 spiro atoms. The summed E-state index contributed by atoms with van der Waals surface area (Å²) in [6.07, 6.45) is 5.33. The maximum Gasteiger partial charge on any atom is 0.224 e. The minimum atomic E-state index is -0.0558. The van der Waals surface area contributed by atoms with Gasteiger partial charge in [-0.05, 0) is 25.0 Å². The first-order valence-corrected chi connectivity index (χ1v) is 9.53. The maximum atomic E-state index is 12.5. The minimum absolute atomic E-state index is 0.0558. The minimum Gasteiger partial charge on any atom is -0.383 e. The molecule has 1 unspecified atom stereocenters. The van der Waals surface area contributed by atoms with Gasteiger partial charge in [0.1, 0.15) is 12.1 Å². The molecule has 8 heteroatoms. The second-order valence-corrected chi connectivity index (χ2v) is 6.91. The van der Waals surface area contributed by atoms with Gasteiger partial charge < -0.3 is 15.0 Å². The zero-order chi connectivity index (χ0) is 19.3. The van der Waals surface area contributed by atoms with E-state index in [2.05, 4.69) is 25.3 Å². The Morgan fingerprint density at radius 1 is 1.29 bits per heavy atom. The SMILES string of the molecule is COCCNC(=O)C1CCCN(c2ncnc3nn(-c4ccccc4)cc23)C1. The molecule has 0 saturated carbocycles. The molecule has 2 aromatic heterocycles. The second kappa shape index (κ2) is 8.35. The van der Waals surface area contributed by atoms with E-state index >= 15 is 0 Å². The van der Waals surface area contributed by atoms with Crippen LogP contribution in [0.5, 0.6) is 0 Å². The van der Waals surface area contributed by atoms with E-state index in [9.17, 15) is 4.79 Å². The number of ether oxygens (including phenoxy) is 1. The van der Waals surface area contributed by atoms with E-state index in [1.807, 2.05) is 41.2 Å². The number of hydrogen-bond donors (Lipinski definition) is 1. The van der Waals surface area contributed by atoms with Crippen LogP contribution in [0.4, 0.5) is 5.82 Å². The predicted molar refractivity (Wildman–Crippen MR) is 106 cm³/mol. The van der Waals surface area contributed by atoms with Crippen LogP contribution in [0.25, 0.3) is 16.7 Å². The summed E-state index contributed by atoms with van der Waals surface area (Å²) >= 11 is 0. The first kappa shape index (κ1) is 18.4. The number of carbonyl (C=O) groups is 1. The van der Waals surface area contributed by atoms with Crippen LogP contribution in [-0.4, -0.2) is 59.0 Å². The number of hydrogen-bond acceptors (Lipinski definition) is 6. The summed E-state index contributed by atoms with van der Waals surface area (Å²) in [7, 11) is 1.63. The number of piperidine rings is 1. The summed E-state index contributed by atoms with van der Waals surface area (Å²) in [4.78, 5) is 23.5. The van der Waals surface area contributed by atoms with Gasteiger partial charge in [0.15, 0.2) is 5.65 Å². The van der Waals surface area contributed by atoms with E-state index in [1.165, 1.54) is 0 Å². The van der Waals surface area contributed by atoms with Crippen molar-refractivity contribution in [2.75, 3.05) is 38.3 Å². The summed E-state index contributed by atoms with van der Waals surface area (Å²) < 4.78 is 6.83. The Bertz CT molecular complexity index is 942. The topological polar surface area (TPSA) is 85.2 Å². The molecule has 28 heavy (non-hydrogen) atoms. The van der Waals surface area contributed by atoms with Gasteiger partial charge >= 0.3 is 0 Å². The second-order valence-electron chi connectivity index (χ2n) is 6.91. The molecule has 0 aliphatic carbocycles. The highest BCUT2D eigenvalue weighted by Gasteiger charge is 2.27. The molecule has 1 N–H and O–H groups in total. The summed E-state index contributed by atoms with van der Waals surface area (Å²) in [6, 6.07) is 9.93. The van der Waals surface area contributed by atoms with Crippen LogP contribution in [0.3, 0.4) is 0 Å². The molecule has 4 rings (SSSR count). The van der Waals surface area contributed by atoms with Gasteiger partial charge in [-0.25, -0.2) is 14.6 Å². The third-order valence-electron chi connectivity index (χ3n) is 5.01. The van der Waals surface area contributed by atoms with E-state index in [1.54, 1.807) is 13.4 Å². The first-order valence-electron chi connectivity index (χ1n) is 9.53. The van der Waals surface area contributed by atoms with Crippen molar-refractivity contribution in [2.45, 2.75) is 12.8 Å². The highest BCUT2D eigenvalue weighted by atomic mass is 16.5. The average molecular weight is 380 g/mol. The van der Waals surface area contributed by atoms with Crippen LogP contribution in [0.2, 0.25) is 0 Å². The number of amides is 1. The van der Waals surface area contributed by atoms with Crippen molar-refractivity contribution in [3.05, 3.63) is 42.9 Å². The fourth-order valence-electron chi connectivity index (χ4n) is 3.59. The van der Waals surface area contributed by atoms with Gasteiger partial charge in [-0.3, -0.25) is 4.79 Å². The van der Waals surface area contributed by atoms with Gasteiger partial charge in [-0.2, -0.15) is 0 Å². The van der Waals surface area contributed by atoms with E-state index in [-0.39, 0.29) is 11.8 Å². The van der Waals surface area contributed by atoms with Gasteiger partial charge in [0, 0.05) is 32.9 Å². The summed E-state index contributed by atoms with van der Waals surface area (Å²) in [6.45, 7) is 2.56. The monoisotopic (exact) mass is 380 g/mol. The number of fused-ring (bicyclic) bond motifs is 1. The molecule has 3 aromatic rings. The Balaban J connectivity index is 1.56. The lowest BCUT2D eigenvalue weighted by Gasteiger charge is -2.33. The number of benzene rings is 1. The quantitative estimate of drug-likeness (QED) is 0.657. The lowest BCUT2D eigenvalue weighted by Crippen LogP contribution is -2.44. The van der Waals surface area contributed by atoms with Gasteiger partial charge in [-0.15, -0.1) is 5.10 Å². The van der Waals surface area contributed by atoms with E-state index in [0.29, 0.717) is 25.3 Å². The van der Waals surface area contributed by atoms with Crippen LogP contribution in [0.1, 0.15) is 12.8 Å². The number of carbonyl (C=O) groups excluding carboxylic acids is 1. The largest absolute Gasteiger partial charge is 0.383 e. The normalized spacial score (nSPS) is 17.0. The van der Waals surface area contributed by atoms with Gasteiger partial charge in [0.25, 0.3) is 0 Å². The van der Waals surface area contributed by atoms with E-state index < -0.39 is 0 Å². The number of aromatic nitrogens is 4. The van der Waals surface area contributed by atoms with Crippen molar-refractivity contribution in [1.82, 2.24) is 25.1 Å². The van der Waals surface area contributed by atoms with Crippen LogP contribution in [0, 0.1) is 5.92 Å². The maximum absolute atomic E-state index is 12.5. The zero-order valence-electron chi connectivity index (χ0n) is 15.9. The van der Waals surface area contributed by atoms with Crippen LogP contribution in [0.15, 0.2) is 42.9 Å². The molecule has 146 valence electrons. The van der Waals surface area contributed by atoms with Crippen molar-refractivity contribution < 1.29 is 9.53 Å². The molecule has 1 aliphatic rings. The highest BCUT2D eigenvalue weighted by Crippen LogP contribution is 2.27. The fourth-order valence-corrected chi connectivity index (χ4v) is 3.59. The van der Waals surface area contributed by atoms with Gasteiger partial charge in [0.2, 0.25) is 5.91 Å². The lowest BCUT2D eigenvalue weighted by atomic mass is 9.97. The van der Waals surface area contributed by atoms with Crippen LogP contribution in [-0.2, 0) is 9.53 Å². The number of nitrogens with zero attached hydrogens (tertiary/aromatic N) is 5. The Labute approximate surface area is 163 Å². The summed E-state index contributed by atoms with van der Waals surface area (Å²) in [5.41, 5.74) is 1.63. The lowest BCUT2D eigenvalue weighted by molar-refractivity contribution is -0.125. The van der Waals surface area contributed by atoms with Crippen molar-refractivity contribution in [2.24, 2.45) is 5.92 Å². The fraction of sp³-hybridized carbons (Fsp3) is 0.400. The molecule has 1 fully saturated rings. The molecule has 1 aromatic carbocycles. The Kier molecular flexibility index (Phi) is 5.48. The number of nitrogens with one attached hydrogen (secondary N) is 1. The smallest absolute Gasteiger partial charge is 0.224 e. The standard InChI is InChI=1S/C20H24N6O2/c1-28-11-9-21-20(27)15-6-5-10-25(12-15)19-17-13-26(16-7-3-2-4-8-16)24-18(17)22-14-23-19/h2-4,7-8,13-15H,5-6,9-12H2,1H3,(H,21,27). The molecular formula is C20H24N6O2. The highest BCUT2D eigenvalue weighted by molar-refractivity contribution is 5.87. The summed E-state index contributed by atoms with van der Waals surface area (Å²) in [5, 5.41) is 8.43. The first-order chi connectivity index (χ1) is 13.8. The van der Waals surface area contributed by atoms with Crippen molar-refractivity contribution in [3.8, 4) is 5.69 Å². The number of methoxy groups -OCH3 is 1. The third-order valence-corrected chi connectivity index (χ3v) is 5.01. The molecule has 8 nitrogen and oxygen atoms in total. The third kappa shape index (κ3) is 3.82. The Hall–Kier alpha value is -3.00. The van der Waals surface area contributed by atoms with Crippen molar-refractivity contribution in [3.63, 3.8) is 0 Å². The van der Waals surface area contributed by atoms with Gasteiger partial charge in [0.05, 0.1) is 23.6 Å². The van der Waals surface area contributed by atoms with Crippen LogP contribution >= 0.6 is 0 Å². The number of para-hydroxylation sites is 1. The molecular weight excluding hydrogens is 356 g/mol. The summed E-state index contributed by atoms with van der Waals surface area (Å²) in [5.74, 6) is 0.855. The predicted octanol–water partition coefficient (Wildman–Crippen LogP) is 1.79. The van der Waals surface area contributed by atoms with E-state index in [4.69, 9.17) is 4.74 Å². The van der Waals surface area contributed by atoms with E-state index in [0.717, 1.165) is 36.3 Å². The number of rotatable bonds is 6. The molecule has 3 heterocycles. The molecule has 1 aliphatic heterocycles. The van der Waals surface area contributed by atoms with Crippen molar-refractivity contribution >= 4 is 22.8 Å². The molecule has 1 amide bonds. The average Bonchev–Trinajstić information content (AvgIpc) is 3.19. The molecule has 0 radical (unpaired) electrons. The molecule has 1 saturated heterocycles. The van der Waals surface area contributed by atoms with Gasteiger partial charge in [-0.1, -0.05) is 18.2 Å².